The van der Waals surface area contributed by atoms with E-state index in [1.165, 1.54) is 68.7 Å². The SMILES string of the molecule is c1ccc(CN2CCC(CN3CCc4cnc(C5CC5)nc4C3)CC2)cc1. The van der Waals surface area contributed by atoms with Gasteiger partial charge in [-0.3, -0.25) is 9.80 Å². The number of aromatic nitrogens is 2. The maximum atomic E-state index is 4.92. The average molecular weight is 363 g/mol. The van der Waals surface area contributed by atoms with Gasteiger partial charge in [-0.1, -0.05) is 30.3 Å². The van der Waals surface area contributed by atoms with Gasteiger partial charge >= 0.3 is 0 Å². The van der Waals surface area contributed by atoms with Crippen molar-refractivity contribution < 1.29 is 0 Å². The molecule has 0 amide bonds. The van der Waals surface area contributed by atoms with Crippen molar-refractivity contribution in [2.24, 2.45) is 5.92 Å². The molecule has 1 aromatic carbocycles. The second kappa shape index (κ2) is 7.69. The molecule has 4 heteroatoms. The van der Waals surface area contributed by atoms with E-state index < -0.39 is 0 Å². The van der Waals surface area contributed by atoms with Gasteiger partial charge in [0.25, 0.3) is 0 Å². The third-order valence-corrected chi connectivity index (χ3v) is 6.46. The molecule has 5 rings (SSSR count). The quantitative estimate of drug-likeness (QED) is 0.813. The molecule has 142 valence electrons. The van der Waals surface area contributed by atoms with Crippen LogP contribution in [0.2, 0.25) is 0 Å². The van der Waals surface area contributed by atoms with Crippen LogP contribution in [0.4, 0.5) is 0 Å². The molecular formula is C23H30N4. The molecular weight excluding hydrogens is 332 g/mol. The Labute approximate surface area is 162 Å². The Morgan fingerprint density at radius 3 is 2.52 bits per heavy atom. The molecule has 4 nitrogen and oxygen atoms in total. The summed E-state index contributed by atoms with van der Waals surface area (Å²) in [6.07, 6.45) is 8.44. The number of piperidine rings is 1. The molecule has 0 radical (unpaired) electrons. The molecule has 0 bridgehead atoms. The van der Waals surface area contributed by atoms with Gasteiger partial charge in [-0.25, -0.2) is 9.97 Å². The monoisotopic (exact) mass is 362 g/mol. The minimum atomic E-state index is 0.652. The van der Waals surface area contributed by atoms with Crippen LogP contribution in [0.3, 0.4) is 0 Å². The zero-order chi connectivity index (χ0) is 18.1. The van der Waals surface area contributed by atoms with Crippen LogP contribution in [-0.2, 0) is 19.5 Å². The first-order valence-corrected chi connectivity index (χ1v) is 10.7. The van der Waals surface area contributed by atoms with E-state index in [2.05, 4.69) is 51.3 Å². The summed E-state index contributed by atoms with van der Waals surface area (Å²) in [4.78, 5) is 14.8. The highest BCUT2D eigenvalue weighted by Gasteiger charge is 2.29. The van der Waals surface area contributed by atoms with Crippen molar-refractivity contribution in [3.8, 4) is 0 Å². The molecule has 0 unspecified atom stereocenters. The van der Waals surface area contributed by atoms with E-state index in [1.54, 1.807) is 0 Å². The Balaban J connectivity index is 1.13. The summed E-state index contributed by atoms with van der Waals surface area (Å²) < 4.78 is 0. The molecule has 2 aromatic rings. The predicted octanol–water partition coefficient (Wildman–Crippen LogP) is 3.62. The molecule has 3 heterocycles. The molecule has 2 aliphatic heterocycles. The second-order valence-corrected chi connectivity index (χ2v) is 8.66. The number of hydrogen-bond acceptors (Lipinski definition) is 4. The minimum Gasteiger partial charge on any atom is -0.299 e. The Hall–Kier alpha value is -1.78. The molecule has 1 saturated carbocycles. The van der Waals surface area contributed by atoms with E-state index >= 15 is 0 Å². The fourth-order valence-corrected chi connectivity index (χ4v) is 4.60. The molecule has 1 aliphatic carbocycles. The van der Waals surface area contributed by atoms with E-state index in [-0.39, 0.29) is 0 Å². The smallest absolute Gasteiger partial charge is 0.131 e. The lowest BCUT2D eigenvalue weighted by Gasteiger charge is -2.36. The van der Waals surface area contributed by atoms with Crippen molar-refractivity contribution in [3.63, 3.8) is 0 Å². The molecule has 0 atom stereocenters. The number of likely N-dealkylation sites (tertiary alicyclic amines) is 1. The maximum absolute atomic E-state index is 4.92. The van der Waals surface area contributed by atoms with Crippen LogP contribution < -0.4 is 0 Å². The van der Waals surface area contributed by atoms with Crippen molar-refractivity contribution >= 4 is 0 Å². The van der Waals surface area contributed by atoms with E-state index in [9.17, 15) is 0 Å². The van der Waals surface area contributed by atoms with Crippen LogP contribution in [-0.4, -0.2) is 45.9 Å². The van der Waals surface area contributed by atoms with Crippen LogP contribution in [0, 0.1) is 5.92 Å². The largest absolute Gasteiger partial charge is 0.299 e. The van der Waals surface area contributed by atoms with Gasteiger partial charge in [0.05, 0.1) is 5.69 Å². The third kappa shape index (κ3) is 4.22. The fraction of sp³-hybridized carbons (Fsp3) is 0.565. The average Bonchev–Trinajstić information content (AvgIpc) is 3.55. The highest BCUT2D eigenvalue weighted by Crippen LogP contribution is 2.38. The van der Waals surface area contributed by atoms with E-state index in [1.807, 2.05) is 0 Å². The van der Waals surface area contributed by atoms with Crippen molar-refractivity contribution in [1.29, 1.82) is 0 Å². The van der Waals surface area contributed by atoms with Crippen LogP contribution in [0.5, 0.6) is 0 Å². The molecule has 2 fully saturated rings. The summed E-state index contributed by atoms with van der Waals surface area (Å²) in [5, 5.41) is 0. The van der Waals surface area contributed by atoms with Gasteiger partial charge in [0, 0.05) is 38.3 Å². The zero-order valence-corrected chi connectivity index (χ0v) is 16.2. The van der Waals surface area contributed by atoms with Crippen LogP contribution in [0.25, 0.3) is 0 Å². The summed E-state index contributed by atoms with van der Waals surface area (Å²) in [5.41, 5.74) is 4.13. The predicted molar refractivity (Wildman–Crippen MR) is 107 cm³/mol. The zero-order valence-electron chi connectivity index (χ0n) is 16.2. The molecule has 0 spiro atoms. The summed E-state index contributed by atoms with van der Waals surface area (Å²) in [5.74, 6) is 2.59. The molecule has 1 saturated heterocycles. The van der Waals surface area contributed by atoms with Gasteiger partial charge in [-0.05, 0) is 62.2 Å². The molecule has 1 aromatic heterocycles. The maximum Gasteiger partial charge on any atom is 0.131 e. The highest BCUT2D eigenvalue weighted by atomic mass is 15.2. The molecule has 27 heavy (non-hydrogen) atoms. The number of fused-ring (bicyclic) bond motifs is 1. The Kier molecular flexibility index (Phi) is 4.93. The standard InChI is InChI=1S/C23H30N4/c1-2-4-18(5-3-1)15-26-11-8-19(9-12-26)16-27-13-10-21-14-24-23(20-6-7-20)25-22(21)17-27/h1-5,14,19-20H,6-13,15-17H2. The van der Waals surface area contributed by atoms with Gasteiger partial charge in [0.15, 0.2) is 0 Å². The van der Waals surface area contributed by atoms with Gasteiger partial charge in [0.1, 0.15) is 5.82 Å². The first-order chi connectivity index (χ1) is 13.3. The third-order valence-electron chi connectivity index (χ3n) is 6.46. The van der Waals surface area contributed by atoms with Gasteiger partial charge in [-0.15, -0.1) is 0 Å². The number of nitrogens with zero attached hydrogens (tertiary/aromatic N) is 4. The van der Waals surface area contributed by atoms with Gasteiger partial charge < -0.3 is 0 Å². The van der Waals surface area contributed by atoms with Crippen molar-refractivity contribution in [3.05, 3.63) is 59.2 Å². The highest BCUT2D eigenvalue weighted by molar-refractivity contribution is 5.22. The Morgan fingerprint density at radius 2 is 1.74 bits per heavy atom. The van der Waals surface area contributed by atoms with Crippen LogP contribution >= 0.6 is 0 Å². The van der Waals surface area contributed by atoms with Gasteiger partial charge in [-0.2, -0.15) is 0 Å². The minimum absolute atomic E-state index is 0.652. The lowest BCUT2D eigenvalue weighted by atomic mass is 9.94. The number of benzene rings is 1. The first-order valence-electron chi connectivity index (χ1n) is 10.7. The van der Waals surface area contributed by atoms with Crippen LogP contribution in [0.15, 0.2) is 36.5 Å². The summed E-state index contributed by atoms with van der Waals surface area (Å²) in [6.45, 7) is 7.01. The summed E-state index contributed by atoms with van der Waals surface area (Å²) >= 11 is 0. The van der Waals surface area contributed by atoms with E-state index in [4.69, 9.17) is 4.98 Å². The van der Waals surface area contributed by atoms with Crippen LogP contribution in [0.1, 0.15) is 54.2 Å². The lowest BCUT2D eigenvalue weighted by Crippen LogP contribution is -2.40. The summed E-state index contributed by atoms with van der Waals surface area (Å²) in [7, 11) is 0. The molecule has 3 aliphatic rings. The van der Waals surface area contributed by atoms with Crippen molar-refractivity contribution in [1.82, 2.24) is 19.8 Å². The fourth-order valence-electron chi connectivity index (χ4n) is 4.60. The van der Waals surface area contributed by atoms with Gasteiger partial charge in [0.2, 0.25) is 0 Å². The lowest BCUT2D eigenvalue weighted by molar-refractivity contribution is 0.131. The van der Waals surface area contributed by atoms with E-state index in [0.717, 1.165) is 31.3 Å². The molecule has 0 N–H and O–H groups in total. The number of rotatable bonds is 5. The topological polar surface area (TPSA) is 32.3 Å². The number of hydrogen-bond donors (Lipinski definition) is 0. The first kappa shape index (κ1) is 17.3. The van der Waals surface area contributed by atoms with Crippen molar-refractivity contribution in [2.45, 2.75) is 51.1 Å². The summed E-state index contributed by atoms with van der Waals surface area (Å²) in [6, 6.07) is 10.9. The van der Waals surface area contributed by atoms with Crippen molar-refractivity contribution in [2.75, 3.05) is 26.2 Å². The normalized spacial score (nSPS) is 21.9. The Bertz CT molecular complexity index is 763. The van der Waals surface area contributed by atoms with E-state index in [0.29, 0.717) is 5.92 Å². The Morgan fingerprint density at radius 1 is 0.926 bits per heavy atom. The second-order valence-electron chi connectivity index (χ2n) is 8.66.